The van der Waals surface area contributed by atoms with E-state index in [1.165, 1.54) is 12.1 Å². The maximum Gasteiger partial charge on any atom is 0.387 e. The minimum atomic E-state index is -3.16. The third kappa shape index (κ3) is 3.55. The number of hydrogen-bond donors (Lipinski definition) is 0. The minimum Gasteiger partial charge on any atom is -0.432 e. The molecule has 2 aromatic carbocycles. The van der Waals surface area contributed by atoms with Gasteiger partial charge in [0.15, 0.2) is 11.6 Å². The Bertz CT molecular complexity index is 670. The van der Waals surface area contributed by atoms with E-state index in [2.05, 4.69) is 11.7 Å². The summed E-state index contributed by atoms with van der Waals surface area (Å²) in [7, 11) is 0. The standard InChI is InChI=1S/C16H12F5O/c1-2-3-10-6-11(13(18)8-12(10)17)9-4-5-15(14(19)7-9)22-16(20)21/h4-8,16H,1-3H2. The van der Waals surface area contributed by atoms with Crippen molar-refractivity contribution in [2.75, 3.05) is 0 Å². The second-order valence-electron chi connectivity index (χ2n) is 4.55. The first-order valence-electron chi connectivity index (χ1n) is 6.44. The molecule has 0 unspecified atom stereocenters. The van der Waals surface area contributed by atoms with Crippen molar-refractivity contribution < 1.29 is 26.7 Å². The first kappa shape index (κ1) is 16.3. The van der Waals surface area contributed by atoms with Gasteiger partial charge in [0.2, 0.25) is 0 Å². The minimum absolute atomic E-state index is 0.0210. The Labute approximate surface area is 124 Å². The van der Waals surface area contributed by atoms with Crippen molar-refractivity contribution in [2.45, 2.75) is 19.5 Å². The Morgan fingerprint density at radius 1 is 0.955 bits per heavy atom. The molecule has 6 heteroatoms. The van der Waals surface area contributed by atoms with Gasteiger partial charge in [-0.25, -0.2) is 13.2 Å². The van der Waals surface area contributed by atoms with Crippen molar-refractivity contribution in [1.82, 2.24) is 0 Å². The average molecular weight is 315 g/mol. The third-order valence-corrected chi connectivity index (χ3v) is 3.04. The number of aryl methyl sites for hydroxylation is 1. The molecular formula is C16H12F5O. The molecular weight excluding hydrogens is 303 g/mol. The van der Waals surface area contributed by atoms with Crippen LogP contribution >= 0.6 is 0 Å². The van der Waals surface area contributed by atoms with Gasteiger partial charge in [0, 0.05) is 11.6 Å². The van der Waals surface area contributed by atoms with Crippen LogP contribution < -0.4 is 4.74 Å². The lowest BCUT2D eigenvalue weighted by molar-refractivity contribution is -0.0521. The first-order chi connectivity index (χ1) is 10.4. The third-order valence-electron chi connectivity index (χ3n) is 3.04. The molecule has 0 N–H and O–H groups in total. The molecule has 0 atom stereocenters. The van der Waals surface area contributed by atoms with E-state index in [1.807, 2.05) is 0 Å². The molecule has 0 amide bonds. The summed E-state index contributed by atoms with van der Waals surface area (Å²) >= 11 is 0. The second-order valence-corrected chi connectivity index (χ2v) is 4.55. The van der Waals surface area contributed by atoms with E-state index in [-0.39, 0.29) is 16.7 Å². The van der Waals surface area contributed by atoms with Crippen molar-refractivity contribution in [1.29, 1.82) is 0 Å². The molecule has 1 radical (unpaired) electrons. The van der Waals surface area contributed by atoms with Gasteiger partial charge in [0.05, 0.1) is 0 Å². The number of halogens is 5. The molecule has 0 spiro atoms. The lowest BCUT2D eigenvalue weighted by Crippen LogP contribution is -2.03. The second kappa shape index (κ2) is 6.77. The van der Waals surface area contributed by atoms with Crippen LogP contribution in [-0.2, 0) is 6.42 Å². The van der Waals surface area contributed by atoms with E-state index in [1.54, 1.807) is 0 Å². The summed E-state index contributed by atoms with van der Waals surface area (Å²) < 4.78 is 69.3. The van der Waals surface area contributed by atoms with E-state index in [4.69, 9.17) is 0 Å². The van der Waals surface area contributed by atoms with E-state index in [0.717, 1.165) is 12.1 Å². The normalized spacial score (nSPS) is 11.0. The smallest absolute Gasteiger partial charge is 0.387 e. The molecule has 0 aliphatic carbocycles. The summed E-state index contributed by atoms with van der Waals surface area (Å²) in [5.41, 5.74) is 0.328. The van der Waals surface area contributed by atoms with Gasteiger partial charge >= 0.3 is 6.61 Å². The number of rotatable bonds is 5. The molecule has 0 bridgehead atoms. The van der Waals surface area contributed by atoms with Crippen molar-refractivity contribution in [3.05, 3.63) is 60.3 Å². The fourth-order valence-electron chi connectivity index (χ4n) is 2.06. The van der Waals surface area contributed by atoms with Crippen LogP contribution in [0.1, 0.15) is 12.0 Å². The maximum atomic E-state index is 13.9. The van der Waals surface area contributed by atoms with Crippen molar-refractivity contribution >= 4 is 0 Å². The predicted octanol–water partition coefficient (Wildman–Crippen LogP) is 5.14. The number of benzene rings is 2. The quantitative estimate of drug-likeness (QED) is 0.694. The highest BCUT2D eigenvalue weighted by atomic mass is 19.3. The topological polar surface area (TPSA) is 9.23 Å². The highest BCUT2D eigenvalue weighted by Gasteiger charge is 2.15. The van der Waals surface area contributed by atoms with Gasteiger partial charge in [-0.05, 0) is 42.2 Å². The molecule has 1 nitrogen and oxygen atoms in total. The zero-order valence-corrected chi connectivity index (χ0v) is 11.4. The molecule has 117 valence electrons. The number of alkyl halides is 2. The molecule has 2 rings (SSSR count). The summed E-state index contributed by atoms with van der Waals surface area (Å²) in [4.78, 5) is 0. The molecule has 0 aliphatic heterocycles. The van der Waals surface area contributed by atoms with E-state index in [0.29, 0.717) is 18.9 Å². The molecule has 0 saturated carbocycles. The van der Waals surface area contributed by atoms with Crippen LogP contribution in [0.25, 0.3) is 11.1 Å². The summed E-state index contributed by atoms with van der Waals surface area (Å²) in [5, 5.41) is 0. The molecule has 0 saturated heterocycles. The summed E-state index contributed by atoms with van der Waals surface area (Å²) in [6.07, 6.45) is 0.714. The Hall–Kier alpha value is -2.11. The Kier molecular flexibility index (Phi) is 5.00. The van der Waals surface area contributed by atoms with E-state index < -0.39 is 29.8 Å². The summed E-state index contributed by atoms with van der Waals surface area (Å²) in [6, 6.07) is 5.04. The number of hydrogen-bond acceptors (Lipinski definition) is 1. The van der Waals surface area contributed by atoms with Crippen molar-refractivity contribution in [3.63, 3.8) is 0 Å². The first-order valence-corrected chi connectivity index (χ1v) is 6.44. The molecule has 0 heterocycles. The largest absolute Gasteiger partial charge is 0.432 e. The van der Waals surface area contributed by atoms with Crippen LogP contribution in [-0.4, -0.2) is 6.61 Å². The molecule has 0 aliphatic rings. The van der Waals surface area contributed by atoms with Gasteiger partial charge in [0.25, 0.3) is 0 Å². The SMILES string of the molecule is [CH2]CCc1cc(-c2ccc(OC(F)F)c(F)c2)c(F)cc1F. The highest BCUT2D eigenvalue weighted by Crippen LogP contribution is 2.30. The Balaban J connectivity index is 2.43. The molecule has 0 fully saturated rings. The molecule has 2 aromatic rings. The van der Waals surface area contributed by atoms with Gasteiger partial charge in [-0.2, -0.15) is 8.78 Å². The van der Waals surface area contributed by atoms with E-state index in [9.17, 15) is 22.0 Å². The van der Waals surface area contributed by atoms with Gasteiger partial charge in [-0.15, -0.1) is 0 Å². The fraction of sp³-hybridized carbons (Fsp3) is 0.188. The van der Waals surface area contributed by atoms with Crippen LogP contribution in [0.2, 0.25) is 0 Å². The van der Waals surface area contributed by atoms with Gasteiger partial charge in [-0.1, -0.05) is 13.0 Å². The Morgan fingerprint density at radius 3 is 2.27 bits per heavy atom. The lowest BCUT2D eigenvalue weighted by atomic mass is 9.99. The van der Waals surface area contributed by atoms with E-state index >= 15 is 0 Å². The number of ether oxygens (including phenoxy) is 1. The van der Waals surface area contributed by atoms with Gasteiger partial charge in [0.1, 0.15) is 11.6 Å². The zero-order valence-electron chi connectivity index (χ0n) is 11.4. The fourth-order valence-corrected chi connectivity index (χ4v) is 2.06. The Morgan fingerprint density at radius 2 is 1.68 bits per heavy atom. The van der Waals surface area contributed by atoms with Crippen molar-refractivity contribution in [3.8, 4) is 16.9 Å². The summed E-state index contributed by atoms with van der Waals surface area (Å²) in [6.45, 7) is 0.432. The van der Waals surface area contributed by atoms with Crippen molar-refractivity contribution in [2.24, 2.45) is 0 Å². The zero-order chi connectivity index (χ0) is 16.3. The van der Waals surface area contributed by atoms with Crippen LogP contribution in [0.3, 0.4) is 0 Å². The summed E-state index contributed by atoms with van der Waals surface area (Å²) in [5.74, 6) is -3.27. The van der Waals surface area contributed by atoms with Crippen LogP contribution in [0.15, 0.2) is 30.3 Å². The molecule has 0 aromatic heterocycles. The van der Waals surface area contributed by atoms with Crippen LogP contribution in [0.4, 0.5) is 22.0 Å². The highest BCUT2D eigenvalue weighted by molar-refractivity contribution is 5.66. The van der Waals surface area contributed by atoms with Crippen LogP contribution in [0.5, 0.6) is 5.75 Å². The lowest BCUT2D eigenvalue weighted by Gasteiger charge is -2.10. The van der Waals surface area contributed by atoms with Gasteiger partial charge < -0.3 is 4.74 Å². The monoisotopic (exact) mass is 315 g/mol. The maximum absolute atomic E-state index is 13.9. The molecule has 22 heavy (non-hydrogen) atoms. The average Bonchev–Trinajstić information content (AvgIpc) is 2.44. The van der Waals surface area contributed by atoms with Gasteiger partial charge in [-0.3, -0.25) is 0 Å². The van der Waals surface area contributed by atoms with Crippen LogP contribution in [0, 0.1) is 24.4 Å². The predicted molar refractivity (Wildman–Crippen MR) is 72.1 cm³/mol.